The standard InChI is InChI=1S/C33H29N3O6S2/c1-3-4-5-6-7-23-14-21(2)43-33(23)30-9-8-29(44-30)22-10-12-35-27(15-22)31-32(42-20-39)28(41-19-38)17-26(36-31)25-16-24(40-18-37)11-13-34-25/h8-20H,3-7H2,1-2H3. The van der Waals surface area contributed by atoms with Crippen molar-refractivity contribution in [3.8, 4) is 60.2 Å². The number of pyridine rings is 3. The van der Waals surface area contributed by atoms with Gasteiger partial charge in [0.1, 0.15) is 11.4 Å². The van der Waals surface area contributed by atoms with Gasteiger partial charge in [-0.05, 0) is 67.3 Å². The average molecular weight is 628 g/mol. The van der Waals surface area contributed by atoms with Crippen molar-refractivity contribution in [2.45, 2.75) is 46.0 Å². The molecule has 11 heteroatoms. The molecule has 0 saturated carbocycles. The van der Waals surface area contributed by atoms with Crippen LogP contribution in [0.15, 0.2) is 60.9 Å². The summed E-state index contributed by atoms with van der Waals surface area (Å²) in [6.07, 6.45) is 9.05. The first-order valence-electron chi connectivity index (χ1n) is 14.0. The number of rotatable bonds is 15. The van der Waals surface area contributed by atoms with E-state index in [1.807, 2.05) is 23.5 Å². The molecule has 0 radical (unpaired) electrons. The number of aromatic nitrogens is 3. The first kappa shape index (κ1) is 30.7. The van der Waals surface area contributed by atoms with Crippen LogP contribution >= 0.6 is 22.7 Å². The Kier molecular flexibility index (Phi) is 10.2. The Hall–Kier alpha value is -4.74. The average Bonchev–Trinajstić information content (AvgIpc) is 3.67. The summed E-state index contributed by atoms with van der Waals surface area (Å²) >= 11 is 3.52. The van der Waals surface area contributed by atoms with Crippen molar-refractivity contribution in [3.05, 3.63) is 71.4 Å². The highest BCUT2D eigenvalue weighted by Crippen LogP contribution is 2.43. The lowest BCUT2D eigenvalue weighted by molar-refractivity contribution is -0.123. The third-order valence-corrected chi connectivity index (χ3v) is 9.21. The van der Waals surface area contributed by atoms with Crippen molar-refractivity contribution in [1.82, 2.24) is 15.0 Å². The number of carbonyl (C=O) groups is 3. The SMILES string of the molecule is CCCCCCc1cc(C)sc1-c1ccc(-c2ccnc(-c3nc(-c4cc(OC=O)ccn4)cc(OC=O)c3OC=O)c2)s1. The minimum atomic E-state index is -0.0746. The van der Waals surface area contributed by atoms with Crippen LogP contribution in [0.5, 0.6) is 17.2 Å². The molecular weight excluding hydrogens is 599 g/mol. The number of hydrogen-bond donors (Lipinski definition) is 0. The summed E-state index contributed by atoms with van der Waals surface area (Å²) in [5, 5.41) is 0. The Bertz CT molecular complexity index is 1780. The molecule has 5 rings (SSSR count). The third kappa shape index (κ3) is 7.07. The van der Waals surface area contributed by atoms with E-state index in [1.165, 1.54) is 70.3 Å². The molecular formula is C33H29N3O6S2. The van der Waals surface area contributed by atoms with E-state index in [0.29, 0.717) is 17.9 Å². The molecule has 0 N–H and O–H groups in total. The van der Waals surface area contributed by atoms with Gasteiger partial charge in [0.25, 0.3) is 19.4 Å². The van der Waals surface area contributed by atoms with Crippen molar-refractivity contribution in [2.75, 3.05) is 0 Å². The Labute approximate surface area is 262 Å². The molecule has 0 bridgehead atoms. The second-order valence-corrected chi connectivity index (χ2v) is 12.2. The topological polar surface area (TPSA) is 118 Å². The lowest BCUT2D eigenvalue weighted by atomic mass is 10.1. The summed E-state index contributed by atoms with van der Waals surface area (Å²) in [5.74, 6) is 0.119. The Morgan fingerprint density at radius 3 is 2.32 bits per heavy atom. The van der Waals surface area contributed by atoms with Crippen LogP contribution in [0.1, 0.15) is 43.0 Å². The van der Waals surface area contributed by atoms with Gasteiger partial charge >= 0.3 is 0 Å². The quantitative estimate of drug-likeness (QED) is 0.0850. The van der Waals surface area contributed by atoms with Gasteiger partial charge in [-0.1, -0.05) is 26.2 Å². The van der Waals surface area contributed by atoms with E-state index in [0.717, 1.165) is 16.9 Å². The fraction of sp³-hybridized carbons (Fsp3) is 0.212. The maximum atomic E-state index is 11.5. The zero-order valence-electron chi connectivity index (χ0n) is 24.1. The number of hydrogen-bond acceptors (Lipinski definition) is 11. The minimum Gasteiger partial charge on any atom is -0.429 e. The summed E-state index contributed by atoms with van der Waals surface area (Å²) in [6, 6.07) is 14.7. The molecule has 0 aliphatic rings. The Morgan fingerprint density at radius 1 is 0.750 bits per heavy atom. The number of carbonyl (C=O) groups excluding carboxylic acids is 3. The van der Waals surface area contributed by atoms with Gasteiger partial charge in [0.05, 0.1) is 17.1 Å². The fourth-order valence-electron chi connectivity index (χ4n) is 4.83. The maximum absolute atomic E-state index is 11.5. The van der Waals surface area contributed by atoms with Crippen molar-refractivity contribution in [3.63, 3.8) is 0 Å². The van der Waals surface area contributed by atoms with Crippen LogP contribution in [0.25, 0.3) is 43.0 Å². The molecule has 224 valence electrons. The fourth-order valence-corrected chi connectivity index (χ4v) is 7.04. The van der Waals surface area contributed by atoms with Gasteiger partial charge in [-0.3, -0.25) is 24.4 Å². The predicted molar refractivity (Wildman–Crippen MR) is 170 cm³/mol. The Balaban J connectivity index is 1.53. The van der Waals surface area contributed by atoms with Gasteiger partial charge in [0.2, 0.25) is 5.75 Å². The summed E-state index contributed by atoms with van der Waals surface area (Å²) < 4.78 is 15.4. The van der Waals surface area contributed by atoms with E-state index in [4.69, 9.17) is 14.2 Å². The summed E-state index contributed by atoms with van der Waals surface area (Å²) in [7, 11) is 0. The second-order valence-electron chi connectivity index (χ2n) is 9.82. The molecule has 0 unspecified atom stereocenters. The van der Waals surface area contributed by atoms with Crippen LogP contribution in [0.3, 0.4) is 0 Å². The van der Waals surface area contributed by atoms with Crippen LogP contribution in [0, 0.1) is 6.92 Å². The molecule has 0 aliphatic carbocycles. The lowest BCUT2D eigenvalue weighted by Crippen LogP contribution is -2.03. The second kappa shape index (κ2) is 14.6. The van der Waals surface area contributed by atoms with Crippen LogP contribution in [0.4, 0.5) is 0 Å². The van der Waals surface area contributed by atoms with E-state index in [9.17, 15) is 14.4 Å². The highest BCUT2D eigenvalue weighted by Gasteiger charge is 2.21. The summed E-state index contributed by atoms with van der Waals surface area (Å²) in [5.41, 5.74) is 3.44. The maximum Gasteiger partial charge on any atom is 0.298 e. The van der Waals surface area contributed by atoms with Crippen LogP contribution < -0.4 is 14.2 Å². The van der Waals surface area contributed by atoms with E-state index in [-0.39, 0.29) is 41.6 Å². The lowest BCUT2D eigenvalue weighted by Gasteiger charge is -2.13. The molecule has 44 heavy (non-hydrogen) atoms. The number of nitrogens with zero attached hydrogens (tertiary/aromatic N) is 3. The van der Waals surface area contributed by atoms with Crippen molar-refractivity contribution >= 4 is 42.1 Å². The molecule has 0 amide bonds. The van der Waals surface area contributed by atoms with Crippen molar-refractivity contribution in [1.29, 1.82) is 0 Å². The normalized spacial score (nSPS) is 10.8. The van der Waals surface area contributed by atoms with Gasteiger partial charge in [0, 0.05) is 44.0 Å². The molecule has 9 nitrogen and oxygen atoms in total. The van der Waals surface area contributed by atoms with Crippen molar-refractivity contribution in [2.24, 2.45) is 0 Å². The monoisotopic (exact) mass is 627 g/mol. The molecule has 5 aromatic rings. The highest BCUT2D eigenvalue weighted by molar-refractivity contribution is 7.24. The van der Waals surface area contributed by atoms with E-state index in [2.05, 4.69) is 47.0 Å². The van der Waals surface area contributed by atoms with Gasteiger partial charge in [-0.15, -0.1) is 22.7 Å². The van der Waals surface area contributed by atoms with Gasteiger partial charge in [-0.2, -0.15) is 0 Å². The number of ether oxygens (including phenoxy) is 3. The minimum absolute atomic E-state index is 0.0549. The number of aryl methyl sites for hydroxylation is 2. The van der Waals surface area contributed by atoms with E-state index < -0.39 is 0 Å². The molecule has 0 saturated heterocycles. The molecule has 0 aliphatic heterocycles. The largest absolute Gasteiger partial charge is 0.429 e. The zero-order chi connectivity index (χ0) is 30.9. The molecule has 5 heterocycles. The van der Waals surface area contributed by atoms with Crippen LogP contribution in [0.2, 0.25) is 0 Å². The summed E-state index contributed by atoms with van der Waals surface area (Å²) in [4.78, 5) is 52.0. The van der Waals surface area contributed by atoms with Gasteiger partial charge < -0.3 is 14.2 Å². The molecule has 0 aromatic carbocycles. The van der Waals surface area contributed by atoms with E-state index in [1.54, 1.807) is 17.5 Å². The molecule has 0 fully saturated rings. The smallest absolute Gasteiger partial charge is 0.298 e. The Morgan fingerprint density at radius 2 is 1.52 bits per heavy atom. The number of thiophene rings is 2. The summed E-state index contributed by atoms with van der Waals surface area (Å²) in [6.45, 7) is 5.13. The first-order valence-corrected chi connectivity index (χ1v) is 15.7. The molecule has 5 aromatic heterocycles. The van der Waals surface area contributed by atoms with Crippen molar-refractivity contribution < 1.29 is 28.6 Å². The third-order valence-electron chi connectivity index (χ3n) is 6.81. The zero-order valence-corrected chi connectivity index (χ0v) is 25.8. The van der Waals surface area contributed by atoms with Crippen LogP contribution in [-0.4, -0.2) is 34.4 Å². The number of unbranched alkanes of at least 4 members (excludes halogenated alkanes) is 3. The van der Waals surface area contributed by atoms with Crippen LogP contribution in [-0.2, 0) is 20.8 Å². The molecule has 0 spiro atoms. The highest BCUT2D eigenvalue weighted by atomic mass is 32.1. The predicted octanol–water partition coefficient (Wildman–Crippen LogP) is 7.70. The van der Waals surface area contributed by atoms with Gasteiger partial charge in [0.15, 0.2) is 5.75 Å². The molecule has 0 atom stereocenters. The van der Waals surface area contributed by atoms with E-state index >= 15 is 0 Å². The van der Waals surface area contributed by atoms with Gasteiger partial charge in [-0.25, -0.2) is 4.98 Å². The first-order chi connectivity index (χ1) is 21.5.